The molecule has 0 unspecified atom stereocenters. The number of nitrogens with one attached hydrogen (secondary N) is 1. The largest absolute Gasteiger partial charge is 0.486 e. The van der Waals surface area contributed by atoms with E-state index in [0.29, 0.717) is 38.8 Å². The summed E-state index contributed by atoms with van der Waals surface area (Å²) in [6, 6.07) is 2.00. The second-order valence-corrected chi connectivity index (χ2v) is 8.35. The van der Waals surface area contributed by atoms with Gasteiger partial charge in [0.15, 0.2) is 11.6 Å². The van der Waals surface area contributed by atoms with E-state index >= 15 is 0 Å². The van der Waals surface area contributed by atoms with Crippen molar-refractivity contribution in [3.63, 3.8) is 0 Å². The van der Waals surface area contributed by atoms with Gasteiger partial charge in [0.25, 0.3) is 5.91 Å². The van der Waals surface area contributed by atoms with Crippen molar-refractivity contribution in [3.05, 3.63) is 29.1 Å². The summed E-state index contributed by atoms with van der Waals surface area (Å²) in [6.45, 7) is 0.612. The highest BCUT2D eigenvalue weighted by Crippen LogP contribution is 2.31. The van der Waals surface area contributed by atoms with Gasteiger partial charge in [0.2, 0.25) is 0 Å². The second kappa shape index (κ2) is 7.81. The highest BCUT2D eigenvalue weighted by molar-refractivity contribution is 7.87. The number of rotatable bonds is 6. The first-order valence-electron chi connectivity index (χ1n) is 8.84. The lowest BCUT2D eigenvalue weighted by Crippen LogP contribution is -2.42. The van der Waals surface area contributed by atoms with Crippen LogP contribution in [0.2, 0.25) is 0 Å². The molecule has 1 saturated carbocycles. The van der Waals surface area contributed by atoms with E-state index in [4.69, 9.17) is 9.84 Å². The van der Waals surface area contributed by atoms with Crippen LogP contribution in [0.5, 0.6) is 5.75 Å². The summed E-state index contributed by atoms with van der Waals surface area (Å²) in [7, 11) is -4.05. The molecular weight excluding hydrogens is 379 g/mol. The molecule has 1 aliphatic heterocycles. The minimum Gasteiger partial charge on any atom is -0.486 e. The van der Waals surface area contributed by atoms with Crippen LogP contribution in [0, 0.1) is 5.82 Å². The number of benzene rings is 1. The average Bonchev–Trinajstić information content (AvgIpc) is 3.29. The predicted octanol–water partition coefficient (Wildman–Crippen LogP) is 1.92. The number of carbonyl (C=O) groups is 2. The Morgan fingerprint density at radius 3 is 2.30 bits per heavy atom. The number of carboxylic acid groups (broad SMARTS) is 1. The maximum atomic E-state index is 14.7. The molecule has 0 bridgehead atoms. The maximum absolute atomic E-state index is 14.7. The van der Waals surface area contributed by atoms with Crippen LogP contribution in [-0.2, 0) is 10.2 Å². The Morgan fingerprint density at radius 1 is 1.11 bits per heavy atom. The van der Waals surface area contributed by atoms with Crippen molar-refractivity contribution in [3.8, 4) is 5.75 Å². The quantitative estimate of drug-likeness (QED) is 0.754. The first-order chi connectivity index (χ1) is 12.8. The number of carboxylic acids is 1. The Morgan fingerprint density at radius 2 is 1.70 bits per heavy atom. The third-order valence-electron chi connectivity index (χ3n) is 4.79. The highest BCUT2D eigenvalue weighted by atomic mass is 32.2. The smallest absolute Gasteiger partial charge is 0.338 e. The summed E-state index contributed by atoms with van der Waals surface area (Å²) in [5.74, 6) is -4.25. The monoisotopic (exact) mass is 400 g/mol. The SMILES string of the molecule is O=C(O)c1ccc(C(=O)NS(=O)(=O)N2CCCC2)c(OC2CCCC2)c1F. The fraction of sp³-hybridized carbons (Fsp3) is 0.529. The van der Waals surface area contributed by atoms with E-state index in [1.807, 2.05) is 4.72 Å². The lowest BCUT2D eigenvalue weighted by atomic mass is 10.1. The minimum atomic E-state index is -4.05. The van der Waals surface area contributed by atoms with Crippen LogP contribution in [-0.4, -0.2) is 48.9 Å². The zero-order chi connectivity index (χ0) is 19.6. The van der Waals surface area contributed by atoms with Gasteiger partial charge in [-0.25, -0.2) is 13.9 Å². The van der Waals surface area contributed by atoms with Crippen molar-refractivity contribution in [1.82, 2.24) is 9.03 Å². The Hall–Kier alpha value is -2.20. The number of amides is 1. The summed E-state index contributed by atoms with van der Waals surface area (Å²) in [5.41, 5.74) is -0.978. The molecule has 2 N–H and O–H groups in total. The lowest BCUT2D eigenvalue weighted by Gasteiger charge is -2.19. The fourth-order valence-corrected chi connectivity index (χ4v) is 4.57. The molecule has 3 rings (SSSR count). The summed E-state index contributed by atoms with van der Waals surface area (Å²) >= 11 is 0. The van der Waals surface area contributed by atoms with E-state index in [-0.39, 0.29) is 11.7 Å². The molecule has 10 heteroatoms. The van der Waals surface area contributed by atoms with Crippen molar-refractivity contribution in [2.45, 2.75) is 44.6 Å². The van der Waals surface area contributed by atoms with E-state index in [1.165, 1.54) is 0 Å². The van der Waals surface area contributed by atoms with Crippen LogP contribution in [0.1, 0.15) is 59.2 Å². The third-order valence-corrected chi connectivity index (χ3v) is 6.27. The first kappa shape index (κ1) is 19.6. The Labute approximate surface area is 156 Å². The normalized spacial score (nSPS) is 18.6. The van der Waals surface area contributed by atoms with E-state index in [0.717, 1.165) is 29.3 Å². The third kappa shape index (κ3) is 4.22. The Kier molecular flexibility index (Phi) is 5.66. The van der Waals surface area contributed by atoms with Gasteiger partial charge in [-0.1, -0.05) is 0 Å². The molecule has 148 valence electrons. The topological polar surface area (TPSA) is 113 Å². The molecule has 1 heterocycles. The molecule has 8 nitrogen and oxygen atoms in total. The molecule has 0 radical (unpaired) electrons. The van der Waals surface area contributed by atoms with E-state index < -0.39 is 39.2 Å². The van der Waals surface area contributed by atoms with Crippen LogP contribution < -0.4 is 9.46 Å². The number of ether oxygens (including phenoxy) is 1. The number of halogens is 1. The Balaban J connectivity index is 1.91. The van der Waals surface area contributed by atoms with E-state index in [2.05, 4.69) is 0 Å². The number of carbonyl (C=O) groups excluding carboxylic acids is 1. The summed E-state index contributed by atoms with van der Waals surface area (Å²) < 4.78 is 47.9. The van der Waals surface area contributed by atoms with Gasteiger partial charge in [0.1, 0.15) is 0 Å². The van der Waals surface area contributed by atoms with Crippen molar-refractivity contribution >= 4 is 22.1 Å². The molecular formula is C17H21FN2O6S. The van der Waals surface area contributed by atoms with Crippen molar-refractivity contribution < 1.29 is 32.2 Å². The number of nitrogens with zero attached hydrogens (tertiary/aromatic N) is 1. The van der Waals surface area contributed by atoms with E-state index in [9.17, 15) is 22.4 Å². The minimum absolute atomic E-state index is 0.306. The predicted molar refractivity (Wildman–Crippen MR) is 93.4 cm³/mol. The summed E-state index contributed by atoms with van der Waals surface area (Å²) in [4.78, 5) is 23.7. The zero-order valence-corrected chi connectivity index (χ0v) is 15.4. The van der Waals surface area contributed by atoms with Gasteiger partial charge in [-0.15, -0.1) is 0 Å². The molecule has 1 amide bonds. The molecule has 1 saturated heterocycles. The molecule has 1 aliphatic carbocycles. The summed E-state index contributed by atoms with van der Waals surface area (Å²) in [5, 5.41) is 9.11. The molecule has 1 aromatic carbocycles. The van der Waals surface area contributed by atoms with Crippen LogP contribution in [0.4, 0.5) is 4.39 Å². The van der Waals surface area contributed by atoms with Gasteiger partial charge >= 0.3 is 16.2 Å². The second-order valence-electron chi connectivity index (χ2n) is 6.68. The van der Waals surface area contributed by atoms with Crippen molar-refractivity contribution in [2.24, 2.45) is 0 Å². The van der Waals surface area contributed by atoms with Crippen LogP contribution in [0.3, 0.4) is 0 Å². The lowest BCUT2D eigenvalue weighted by molar-refractivity contribution is 0.0688. The number of hydrogen-bond acceptors (Lipinski definition) is 5. The van der Waals surface area contributed by atoms with Gasteiger partial charge in [-0.2, -0.15) is 12.7 Å². The maximum Gasteiger partial charge on any atom is 0.338 e. The standard InChI is InChI=1S/C17H21FN2O6S/c18-14-12(17(22)23)7-8-13(15(14)26-11-5-1-2-6-11)16(21)19-27(24,25)20-9-3-4-10-20/h7-8,11H,1-6,9-10H2,(H,19,21)(H,22,23). The van der Waals surface area contributed by atoms with Gasteiger partial charge in [-0.3, -0.25) is 4.79 Å². The van der Waals surface area contributed by atoms with Gasteiger partial charge in [0, 0.05) is 13.1 Å². The molecule has 2 fully saturated rings. The van der Waals surface area contributed by atoms with Crippen LogP contribution in [0.15, 0.2) is 12.1 Å². The van der Waals surface area contributed by atoms with Gasteiger partial charge in [-0.05, 0) is 50.7 Å². The highest BCUT2D eigenvalue weighted by Gasteiger charge is 2.31. The zero-order valence-electron chi connectivity index (χ0n) is 14.6. The first-order valence-corrected chi connectivity index (χ1v) is 10.3. The average molecular weight is 400 g/mol. The van der Waals surface area contributed by atoms with Gasteiger partial charge < -0.3 is 9.84 Å². The van der Waals surface area contributed by atoms with Gasteiger partial charge in [0.05, 0.1) is 17.2 Å². The molecule has 2 aliphatic rings. The fourth-order valence-electron chi connectivity index (χ4n) is 3.35. The molecule has 0 aromatic heterocycles. The molecule has 0 spiro atoms. The number of hydrogen-bond donors (Lipinski definition) is 2. The van der Waals surface area contributed by atoms with Crippen LogP contribution >= 0.6 is 0 Å². The molecule has 27 heavy (non-hydrogen) atoms. The van der Waals surface area contributed by atoms with Crippen molar-refractivity contribution in [2.75, 3.05) is 13.1 Å². The summed E-state index contributed by atoms with van der Waals surface area (Å²) in [6.07, 6.45) is 4.14. The van der Waals surface area contributed by atoms with E-state index in [1.54, 1.807) is 0 Å². The van der Waals surface area contributed by atoms with Crippen molar-refractivity contribution in [1.29, 1.82) is 0 Å². The molecule has 0 atom stereocenters. The van der Waals surface area contributed by atoms with Crippen LogP contribution in [0.25, 0.3) is 0 Å². The molecule has 1 aromatic rings. The Bertz CT molecular complexity index is 845. The number of aromatic carboxylic acids is 1.